The molecule has 0 saturated carbocycles. The summed E-state index contributed by atoms with van der Waals surface area (Å²) >= 11 is 0. The Hall–Kier alpha value is -2.33. The Kier molecular flexibility index (Phi) is 3.16. The molecule has 0 saturated heterocycles. The van der Waals surface area contributed by atoms with Crippen molar-refractivity contribution in [2.24, 2.45) is 0 Å². The zero-order valence-corrected chi connectivity index (χ0v) is 10.9. The van der Waals surface area contributed by atoms with Crippen LogP contribution in [0.4, 0.5) is 0 Å². The standard InChI is InChI=1S/C16H14O4/c1-19-11-8-6-10(7-9-11)16-15(18)14(17)12-4-2-3-5-13(12)20-16/h2-9,15-16,18H,1H3/t15-,16+/m0/s1. The van der Waals surface area contributed by atoms with Gasteiger partial charge in [-0.2, -0.15) is 0 Å². The lowest BCUT2D eigenvalue weighted by molar-refractivity contribution is 0.0216. The first-order valence-corrected chi connectivity index (χ1v) is 6.32. The van der Waals surface area contributed by atoms with Gasteiger partial charge in [-0.25, -0.2) is 0 Å². The Bertz CT molecular complexity index is 633. The van der Waals surface area contributed by atoms with Crippen LogP contribution >= 0.6 is 0 Å². The van der Waals surface area contributed by atoms with Crippen LogP contribution in [0.1, 0.15) is 22.0 Å². The van der Waals surface area contributed by atoms with Crippen LogP contribution in [0, 0.1) is 0 Å². The molecule has 1 aliphatic heterocycles. The number of carbonyl (C=O) groups excluding carboxylic acids is 1. The summed E-state index contributed by atoms with van der Waals surface area (Å²) in [4.78, 5) is 12.2. The molecule has 0 aliphatic carbocycles. The maximum Gasteiger partial charge on any atom is 0.199 e. The Morgan fingerprint density at radius 3 is 2.50 bits per heavy atom. The summed E-state index contributed by atoms with van der Waals surface area (Å²) < 4.78 is 10.9. The molecule has 1 aliphatic rings. The van der Waals surface area contributed by atoms with Crippen LogP contribution in [0.25, 0.3) is 0 Å². The number of hydrogen-bond acceptors (Lipinski definition) is 4. The fraction of sp³-hybridized carbons (Fsp3) is 0.188. The highest BCUT2D eigenvalue weighted by atomic mass is 16.5. The van der Waals surface area contributed by atoms with Gasteiger partial charge in [0.2, 0.25) is 0 Å². The summed E-state index contributed by atoms with van der Waals surface area (Å²) in [6.07, 6.45) is -1.89. The van der Waals surface area contributed by atoms with Crippen LogP contribution in [-0.2, 0) is 0 Å². The average molecular weight is 270 g/mol. The Balaban J connectivity index is 1.97. The monoisotopic (exact) mass is 270 g/mol. The second kappa shape index (κ2) is 4.98. The van der Waals surface area contributed by atoms with Crippen molar-refractivity contribution in [1.29, 1.82) is 0 Å². The molecule has 3 rings (SSSR count). The molecule has 0 unspecified atom stereocenters. The molecule has 2 aromatic carbocycles. The highest BCUT2D eigenvalue weighted by Gasteiger charge is 2.36. The van der Waals surface area contributed by atoms with Crippen LogP contribution in [0.2, 0.25) is 0 Å². The fourth-order valence-electron chi connectivity index (χ4n) is 2.31. The van der Waals surface area contributed by atoms with Crippen LogP contribution < -0.4 is 9.47 Å². The van der Waals surface area contributed by atoms with Gasteiger partial charge in [-0.1, -0.05) is 24.3 Å². The highest BCUT2D eigenvalue weighted by Crippen LogP contribution is 2.35. The molecule has 2 atom stereocenters. The van der Waals surface area contributed by atoms with E-state index in [2.05, 4.69) is 0 Å². The predicted octanol–water partition coefficient (Wildman–Crippen LogP) is 2.37. The molecule has 20 heavy (non-hydrogen) atoms. The summed E-state index contributed by atoms with van der Waals surface area (Å²) in [5.41, 5.74) is 1.16. The van der Waals surface area contributed by atoms with Crippen LogP contribution in [-0.4, -0.2) is 24.1 Å². The van der Waals surface area contributed by atoms with Crippen LogP contribution in [0.3, 0.4) is 0 Å². The first-order chi connectivity index (χ1) is 9.70. The van der Waals surface area contributed by atoms with E-state index in [1.54, 1.807) is 55.6 Å². The maximum atomic E-state index is 12.2. The van der Waals surface area contributed by atoms with Crippen molar-refractivity contribution in [1.82, 2.24) is 0 Å². The number of Topliss-reactive ketones (excluding diaryl/α,β-unsaturated/α-hetero) is 1. The Morgan fingerprint density at radius 1 is 1.10 bits per heavy atom. The van der Waals surface area contributed by atoms with Gasteiger partial charge in [0.1, 0.15) is 11.5 Å². The second-order valence-electron chi connectivity index (χ2n) is 4.62. The van der Waals surface area contributed by atoms with Crippen LogP contribution in [0.15, 0.2) is 48.5 Å². The molecule has 0 bridgehead atoms. The van der Waals surface area contributed by atoms with Gasteiger partial charge in [-0.15, -0.1) is 0 Å². The van der Waals surface area contributed by atoms with Crippen molar-refractivity contribution in [3.05, 3.63) is 59.7 Å². The summed E-state index contributed by atoms with van der Waals surface area (Å²) in [5, 5.41) is 10.2. The van der Waals surface area contributed by atoms with Gasteiger partial charge in [-0.3, -0.25) is 4.79 Å². The smallest absolute Gasteiger partial charge is 0.199 e. The van der Waals surface area contributed by atoms with Crippen molar-refractivity contribution in [2.75, 3.05) is 7.11 Å². The number of ketones is 1. The van der Waals surface area contributed by atoms with E-state index >= 15 is 0 Å². The summed E-state index contributed by atoms with van der Waals surface area (Å²) in [7, 11) is 1.58. The van der Waals surface area contributed by atoms with Crippen LogP contribution in [0.5, 0.6) is 11.5 Å². The molecule has 102 valence electrons. The first kappa shape index (κ1) is 12.7. The number of fused-ring (bicyclic) bond motifs is 1. The molecule has 2 aromatic rings. The predicted molar refractivity (Wildman–Crippen MR) is 73.1 cm³/mol. The van der Waals surface area contributed by atoms with E-state index in [1.807, 2.05) is 0 Å². The third kappa shape index (κ3) is 2.04. The molecule has 0 fully saturated rings. The summed E-state index contributed by atoms with van der Waals surface area (Å²) in [6, 6.07) is 14.1. The van der Waals surface area contributed by atoms with Gasteiger partial charge in [0.05, 0.1) is 12.7 Å². The van der Waals surface area contributed by atoms with Crippen molar-refractivity contribution in [2.45, 2.75) is 12.2 Å². The number of hydrogen-bond donors (Lipinski definition) is 1. The van der Waals surface area contributed by atoms with Crippen molar-refractivity contribution in [3.8, 4) is 11.5 Å². The van der Waals surface area contributed by atoms with Crippen molar-refractivity contribution < 1.29 is 19.4 Å². The molecular weight excluding hydrogens is 256 g/mol. The molecule has 0 spiro atoms. The molecule has 0 aromatic heterocycles. The Labute approximate surface area is 116 Å². The van der Waals surface area contributed by atoms with Crippen molar-refractivity contribution in [3.63, 3.8) is 0 Å². The van der Waals surface area contributed by atoms with E-state index in [9.17, 15) is 9.90 Å². The topological polar surface area (TPSA) is 55.8 Å². The Morgan fingerprint density at radius 2 is 1.80 bits per heavy atom. The molecule has 0 amide bonds. The minimum absolute atomic E-state index is 0.312. The average Bonchev–Trinajstić information content (AvgIpc) is 2.51. The van der Waals surface area contributed by atoms with Crippen molar-refractivity contribution >= 4 is 5.78 Å². The molecule has 1 heterocycles. The normalized spacial score (nSPS) is 21.0. The van der Waals surface area contributed by atoms with Gasteiger partial charge >= 0.3 is 0 Å². The molecule has 1 N–H and O–H groups in total. The number of methoxy groups -OCH3 is 1. The third-order valence-corrected chi connectivity index (χ3v) is 3.41. The van der Waals surface area contributed by atoms with Gasteiger partial charge in [-0.05, 0) is 29.8 Å². The number of rotatable bonds is 2. The molecular formula is C16H14O4. The lowest BCUT2D eigenvalue weighted by atomic mass is 9.93. The minimum Gasteiger partial charge on any atom is -0.497 e. The highest BCUT2D eigenvalue weighted by molar-refractivity contribution is 6.03. The van der Waals surface area contributed by atoms with Gasteiger partial charge in [0.25, 0.3) is 0 Å². The fourth-order valence-corrected chi connectivity index (χ4v) is 2.31. The maximum absolute atomic E-state index is 12.2. The third-order valence-electron chi connectivity index (χ3n) is 3.41. The number of benzene rings is 2. The SMILES string of the molecule is COc1ccc([C@H]2Oc3ccccc3C(=O)[C@@H]2O)cc1. The summed E-state index contributed by atoms with van der Waals surface area (Å²) in [6.45, 7) is 0. The molecule has 4 nitrogen and oxygen atoms in total. The molecule has 4 heteroatoms. The quantitative estimate of drug-likeness (QED) is 0.910. The summed E-state index contributed by atoms with van der Waals surface area (Å²) in [5.74, 6) is 0.905. The number of para-hydroxylation sites is 1. The van der Waals surface area contributed by atoms with E-state index in [4.69, 9.17) is 9.47 Å². The minimum atomic E-state index is -1.20. The number of aliphatic hydroxyl groups excluding tert-OH is 1. The first-order valence-electron chi connectivity index (χ1n) is 6.32. The van der Waals surface area contributed by atoms with E-state index in [1.165, 1.54) is 0 Å². The van der Waals surface area contributed by atoms with E-state index in [0.717, 1.165) is 5.56 Å². The van der Waals surface area contributed by atoms with Gasteiger partial charge in [0, 0.05) is 0 Å². The lowest BCUT2D eigenvalue weighted by Gasteiger charge is -2.29. The molecule has 0 radical (unpaired) electrons. The van der Waals surface area contributed by atoms with Gasteiger partial charge < -0.3 is 14.6 Å². The zero-order valence-electron chi connectivity index (χ0n) is 10.9. The number of carbonyl (C=O) groups is 1. The second-order valence-corrected chi connectivity index (χ2v) is 4.62. The number of aliphatic hydroxyl groups is 1. The van der Waals surface area contributed by atoms with E-state index in [0.29, 0.717) is 17.1 Å². The lowest BCUT2D eigenvalue weighted by Crippen LogP contribution is -2.36. The van der Waals surface area contributed by atoms with E-state index in [-0.39, 0.29) is 5.78 Å². The largest absolute Gasteiger partial charge is 0.497 e. The van der Waals surface area contributed by atoms with Gasteiger partial charge in [0.15, 0.2) is 18.0 Å². The number of ether oxygens (including phenoxy) is 2. The van der Waals surface area contributed by atoms with E-state index < -0.39 is 12.2 Å². The zero-order chi connectivity index (χ0) is 14.1.